The maximum absolute atomic E-state index is 13.9. The highest BCUT2D eigenvalue weighted by Gasteiger charge is 2.51. The predicted molar refractivity (Wildman–Crippen MR) is 105 cm³/mol. The third-order valence-corrected chi connectivity index (χ3v) is 7.30. The predicted octanol–water partition coefficient (Wildman–Crippen LogP) is 4.37. The molecular formula is C23H28FN3O. The van der Waals surface area contributed by atoms with E-state index in [0.717, 1.165) is 29.1 Å². The zero-order chi connectivity index (χ0) is 19.3. The van der Waals surface area contributed by atoms with Crippen molar-refractivity contribution in [3.63, 3.8) is 0 Å². The van der Waals surface area contributed by atoms with Gasteiger partial charge in [-0.05, 0) is 79.4 Å². The van der Waals surface area contributed by atoms with Crippen molar-refractivity contribution in [3.8, 4) is 0 Å². The molecule has 4 bridgehead atoms. The Morgan fingerprint density at radius 3 is 2.50 bits per heavy atom. The maximum atomic E-state index is 13.9. The summed E-state index contributed by atoms with van der Waals surface area (Å²) in [5.41, 5.74) is 0.917. The second kappa shape index (κ2) is 6.71. The summed E-state index contributed by atoms with van der Waals surface area (Å²) in [6, 6.07) is 6.02. The molecule has 1 aromatic carbocycles. The summed E-state index contributed by atoms with van der Waals surface area (Å²) < 4.78 is 15.7. The Morgan fingerprint density at radius 1 is 1.25 bits per heavy atom. The first-order valence-electron chi connectivity index (χ1n) is 10.5. The molecule has 4 nitrogen and oxygen atoms in total. The minimum atomic E-state index is -0.433. The number of halogens is 1. The zero-order valence-electron chi connectivity index (χ0n) is 16.4. The molecule has 0 unspecified atom stereocenters. The molecule has 1 atom stereocenters. The number of aromatic nitrogens is 2. The fourth-order valence-corrected chi connectivity index (χ4v) is 6.70. The monoisotopic (exact) mass is 381 g/mol. The van der Waals surface area contributed by atoms with E-state index in [4.69, 9.17) is 0 Å². The van der Waals surface area contributed by atoms with Crippen molar-refractivity contribution in [2.45, 2.75) is 51.0 Å². The molecule has 0 aliphatic heterocycles. The number of carbonyl (C=O) groups excluding carboxylic acids is 1. The lowest BCUT2D eigenvalue weighted by molar-refractivity contribution is -0.130. The highest BCUT2D eigenvalue weighted by atomic mass is 19.1. The van der Waals surface area contributed by atoms with Crippen molar-refractivity contribution in [2.75, 3.05) is 0 Å². The number of hydrogen-bond acceptors (Lipinski definition) is 2. The smallest absolute Gasteiger partial charge is 0.221 e. The summed E-state index contributed by atoms with van der Waals surface area (Å²) >= 11 is 0. The molecular weight excluding hydrogens is 353 g/mol. The number of amides is 1. The van der Waals surface area contributed by atoms with Crippen LogP contribution in [0.2, 0.25) is 0 Å². The van der Waals surface area contributed by atoms with Crippen LogP contribution in [0.3, 0.4) is 0 Å². The van der Waals surface area contributed by atoms with Crippen LogP contribution in [0.4, 0.5) is 4.39 Å². The summed E-state index contributed by atoms with van der Waals surface area (Å²) in [5, 5.41) is 3.19. The van der Waals surface area contributed by atoms with E-state index in [2.05, 4.69) is 10.3 Å². The normalized spacial score (nSPS) is 31.7. The molecule has 4 aliphatic carbocycles. The van der Waals surface area contributed by atoms with E-state index in [9.17, 15) is 9.18 Å². The Labute approximate surface area is 165 Å². The van der Waals surface area contributed by atoms with Crippen LogP contribution >= 0.6 is 0 Å². The molecule has 1 amide bonds. The molecule has 1 N–H and O–H groups in total. The van der Waals surface area contributed by atoms with Crippen molar-refractivity contribution in [2.24, 2.45) is 30.2 Å². The molecule has 5 heteroatoms. The lowest BCUT2D eigenvalue weighted by Gasteiger charge is -2.56. The molecule has 0 spiro atoms. The first-order valence-corrected chi connectivity index (χ1v) is 10.5. The molecule has 0 saturated heterocycles. The number of nitrogens with one attached hydrogen (secondary N) is 1. The second-order valence-corrected chi connectivity index (χ2v) is 9.55. The average molecular weight is 381 g/mol. The van der Waals surface area contributed by atoms with E-state index in [1.165, 1.54) is 50.7 Å². The number of imidazole rings is 1. The molecule has 6 rings (SSSR count). The molecule has 1 heterocycles. The van der Waals surface area contributed by atoms with E-state index >= 15 is 0 Å². The molecule has 4 saturated carbocycles. The van der Waals surface area contributed by atoms with Crippen LogP contribution in [0.1, 0.15) is 62.4 Å². The molecule has 0 radical (unpaired) electrons. The van der Waals surface area contributed by atoms with Gasteiger partial charge in [0.1, 0.15) is 17.7 Å². The van der Waals surface area contributed by atoms with Crippen LogP contribution in [-0.4, -0.2) is 15.5 Å². The van der Waals surface area contributed by atoms with Gasteiger partial charge in [-0.3, -0.25) is 4.79 Å². The van der Waals surface area contributed by atoms with Crippen LogP contribution in [0.25, 0.3) is 0 Å². The molecule has 2 aromatic rings. The van der Waals surface area contributed by atoms with Crippen LogP contribution in [0, 0.1) is 29.0 Å². The number of carbonyl (C=O) groups is 1. The quantitative estimate of drug-likeness (QED) is 0.836. The van der Waals surface area contributed by atoms with Crippen molar-refractivity contribution < 1.29 is 9.18 Å². The summed E-state index contributed by atoms with van der Waals surface area (Å²) in [6.07, 6.45) is 11.9. The summed E-state index contributed by atoms with van der Waals surface area (Å²) in [7, 11) is 1.90. The van der Waals surface area contributed by atoms with Gasteiger partial charge >= 0.3 is 0 Å². The molecule has 148 valence electrons. The Kier molecular flexibility index (Phi) is 4.29. The van der Waals surface area contributed by atoms with E-state index in [1.54, 1.807) is 12.3 Å². The number of aryl methyl sites for hydroxylation is 1. The summed E-state index contributed by atoms with van der Waals surface area (Å²) in [5.74, 6) is 2.98. The van der Waals surface area contributed by atoms with Gasteiger partial charge in [0.15, 0.2) is 0 Å². The van der Waals surface area contributed by atoms with E-state index in [0.29, 0.717) is 6.42 Å². The number of benzene rings is 1. The van der Waals surface area contributed by atoms with Gasteiger partial charge in [0.2, 0.25) is 5.91 Å². The minimum Gasteiger partial charge on any atom is -0.342 e. The van der Waals surface area contributed by atoms with Crippen molar-refractivity contribution in [1.29, 1.82) is 0 Å². The fourth-order valence-electron chi connectivity index (χ4n) is 6.70. The van der Waals surface area contributed by atoms with Crippen LogP contribution in [-0.2, 0) is 11.8 Å². The van der Waals surface area contributed by atoms with Gasteiger partial charge in [-0.1, -0.05) is 12.1 Å². The molecule has 1 aromatic heterocycles. The lowest BCUT2D eigenvalue weighted by atomic mass is 9.49. The highest BCUT2D eigenvalue weighted by Crippen LogP contribution is 2.61. The molecule has 4 aliphatic rings. The fraction of sp³-hybridized carbons (Fsp3) is 0.565. The Hall–Kier alpha value is -2.17. The van der Waals surface area contributed by atoms with E-state index in [1.807, 2.05) is 23.9 Å². The third-order valence-electron chi connectivity index (χ3n) is 7.30. The average Bonchev–Trinajstić information content (AvgIpc) is 3.04. The van der Waals surface area contributed by atoms with Crippen LogP contribution in [0.15, 0.2) is 36.7 Å². The van der Waals surface area contributed by atoms with Gasteiger partial charge in [0, 0.05) is 25.9 Å². The third kappa shape index (κ3) is 3.25. The lowest BCUT2D eigenvalue weighted by Crippen LogP contribution is -2.48. The molecule has 4 fully saturated rings. The van der Waals surface area contributed by atoms with Crippen LogP contribution < -0.4 is 5.32 Å². The maximum Gasteiger partial charge on any atom is 0.221 e. The summed E-state index contributed by atoms with van der Waals surface area (Å²) in [6.45, 7) is 0. The van der Waals surface area contributed by atoms with Gasteiger partial charge in [-0.15, -0.1) is 0 Å². The van der Waals surface area contributed by atoms with Crippen molar-refractivity contribution in [1.82, 2.24) is 14.9 Å². The first kappa shape index (κ1) is 17.9. The summed E-state index contributed by atoms with van der Waals surface area (Å²) in [4.78, 5) is 17.6. The Balaban J connectivity index is 1.37. The number of hydrogen-bond donors (Lipinski definition) is 1. The molecule has 28 heavy (non-hydrogen) atoms. The van der Waals surface area contributed by atoms with E-state index < -0.39 is 6.04 Å². The van der Waals surface area contributed by atoms with E-state index in [-0.39, 0.29) is 17.1 Å². The minimum absolute atomic E-state index is 0.0687. The second-order valence-electron chi connectivity index (χ2n) is 9.55. The van der Waals surface area contributed by atoms with Crippen molar-refractivity contribution >= 4 is 5.91 Å². The largest absolute Gasteiger partial charge is 0.342 e. The van der Waals surface area contributed by atoms with Gasteiger partial charge in [-0.25, -0.2) is 9.37 Å². The van der Waals surface area contributed by atoms with Gasteiger partial charge in [0.25, 0.3) is 0 Å². The Bertz CT molecular complexity index is 854. The van der Waals surface area contributed by atoms with Gasteiger partial charge in [-0.2, -0.15) is 0 Å². The SMILES string of the molecule is Cn1ccnc1[C@H](NC(=O)CC12CC3CC(CC(C3)C1)C2)c1cccc(F)c1. The highest BCUT2D eigenvalue weighted by molar-refractivity contribution is 5.77. The number of nitrogens with zero attached hydrogens (tertiary/aromatic N) is 2. The van der Waals surface area contributed by atoms with Gasteiger partial charge in [0.05, 0.1) is 0 Å². The van der Waals surface area contributed by atoms with Gasteiger partial charge < -0.3 is 9.88 Å². The van der Waals surface area contributed by atoms with Crippen LogP contribution in [0.5, 0.6) is 0 Å². The Morgan fingerprint density at radius 2 is 1.93 bits per heavy atom. The zero-order valence-corrected chi connectivity index (χ0v) is 16.4. The van der Waals surface area contributed by atoms with Crippen molar-refractivity contribution in [3.05, 3.63) is 53.9 Å². The first-order chi connectivity index (χ1) is 13.5. The number of rotatable bonds is 5. The topological polar surface area (TPSA) is 46.9 Å². The standard InChI is InChI=1S/C23H28FN3O/c1-27-6-5-25-22(27)21(18-3-2-4-19(24)10-18)26-20(28)14-23-11-15-7-16(12-23)9-17(8-15)13-23/h2-6,10,15-17,21H,7-9,11-14H2,1H3,(H,26,28)/t15?,16?,17?,21-,23?/m1/s1.